The molecule has 1 aromatic carbocycles. The Morgan fingerprint density at radius 3 is 2.85 bits per heavy atom. The summed E-state index contributed by atoms with van der Waals surface area (Å²) in [4.78, 5) is 10.9. The molecule has 0 saturated carbocycles. The lowest BCUT2D eigenvalue weighted by atomic mass is 10.2. The molecule has 2 nitrogen and oxygen atoms in total. The number of benzene rings is 1. The molecule has 0 radical (unpaired) electrons. The van der Waals surface area contributed by atoms with Crippen LogP contribution >= 0.6 is 0 Å². The highest BCUT2D eigenvalue weighted by Crippen LogP contribution is 2.18. The van der Waals surface area contributed by atoms with Crippen LogP contribution in [0.25, 0.3) is 0 Å². The van der Waals surface area contributed by atoms with E-state index in [0.29, 0.717) is 0 Å². The standard InChI is InChI=1S/C10H11FO2/c1-3-10(12)13-9-6-7(2)4-5-8(9)11/h4-6H,3H2,1-2H3. The third-order valence-electron chi connectivity index (χ3n) is 1.60. The van der Waals surface area contributed by atoms with Gasteiger partial charge >= 0.3 is 5.97 Å². The summed E-state index contributed by atoms with van der Waals surface area (Å²) in [5.74, 6) is -0.927. The molecule has 13 heavy (non-hydrogen) atoms. The van der Waals surface area contributed by atoms with Crippen molar-refractivity contribution in [3.63, 3.8) is 0 Å². The summed E-state index contributed by atoms with van der Waals surface area (Å²) in [6.45, 7) is 3.47. The predicted octanol–water partition coefficient (Wildman–Crippen LogP) is 2.45. The number of carbonyl (C=O) groups excluding carboxylic acids is 1. The molecule has 0 N–H and O–H groups in total. The second kappa shape index (κ2) is 4.03. The summed E-state index contributed by atoms with van der Waals surface area (Å²) in [5.41, 5.74) is 0.861. The van der Waals surface area contributed by atoms with Gasteiger partial charge in [-0.05, 0) is 24.6 Å². The maximum atomic E-state index is 13.0. The first-order chi connectivity index (χ1) is 6.13. The van der Waals surface area contributed by atoms with Crippen molar-refractivity contribution in [1.82, 2.24) is 0 Å². The van der Waals surface area contributed by atoms with Crippen LogP contribution < -0.4 is 4.74 Å². The van der Waals surface area contributed by atoms with Crippen LogP contribution in [0, 0.1) is 12.7 Å². The van der Waals surface area contributed by atoms with Gasteiger partial charge in [-0.1, -0.05) is 13.0 Å². The number of ether oxygens (including phenoxy) is 1. The highest BCUT2D eigenvalue weighted by atomic mass is 19.1. The van der Waals surface area contributed by atoms with Crippen molar-refractivity contribution in [2.75, 3.05) is 0 Å². The van der Waals surface area contributed by atoms with E-state index >= 15 is 0 Å². The number of hydrogen-bond donors (Lipinski definition) is 0. The molecule has 0 aromatic heterocycles. The zero-order valence-electron chi connectivity index (χ0n) is 7.63. The van der Waals surface area contributed by atoms with Crippen LogP contribution in [0.2, 0.25) is 0 Å². The minimum atomic E-state index is -0.507. The summed E-state index contributed by atoms with van der Waals surface area (Å²) in [6.07, 6.45) is 0.243. The van der Waals surface area contributed by atoms with Gasteiger partial charge in [-0.2, -0.15) is 0 Å². The molecule has 0 amide bonds. The van der Waals surface area contributed by atoms with Crippen molar-refractivity contribution in [2.45, 2.75) is 20.3 Å². The fourth-order valence-electron chi connectivity index (χ4n) is 0.884. The Bertz CT molecular complexity index is 321. The number of carbonyl (C=O) groups is 1. The van der Waals surface area contributed by atoms with Gasteiger partial charge in [0.2, 0.25) is 0 Å². The Hall–Kier alpha value is -1.38. The molecule has 1 rings (SSSR count). The summed E-state index contributed by atoms with van der Waals surface area (Å²) >= 11 is 0. The van der Waals surface area contributed by atoms with Crippen molar-refractivity contribution in [2.24, 2.45) is 0 Å². The molecule has 3 heteroatoms. The van der Waals surface area contributed by atoms with Gasteiger partial charge in [-0.15, -0.1) is 0 Å². The maximum Gasteiger partial charge on any atom is 0.310 e. The van der Waals surface area contributed by atoms with E-state index in [9.17, 15) is 9.18 Å². The average Bonchev–Trinajstić information content (AvgIpc) is 2.11. The van der Waals surface area contributed by atoms with Crippen LogP contribution in [0.5, 0.6) is 5.75 Å². The van der Waals surface area contributed by atoms with Gasteiger partial charge in [0.25, 0.3) is 0 Å². The van der Waals surface area contributed by atoms with Crippen molar-refractivity contribution >= 4 is 5.97 Å². The van der Waals surface area contributed by atoms with Gasteiger partial charge in [0.05, 0.1) is 0 Å². The minimum absolute atomic E-state index is 0.00634. The molecule has 0 atom stereocenters. The van der Waals surface area contributed by atoms with Crippen molar-refractivity contribution in [3.05, 3.63) is 29.6 Å². The van der Waals surface area contributed by atoms with E-state index in [0.717, 1.165) is 5.56 Å². The van der Waals surface area contributed by atoms with Crippen LogP contribution in [0.15, 0.2) is 18.2 Å². The van der Waals surface area contributed by atoms with Gasteiger partial charge in [0.15, 0.2) is 11.6 Å². The molecular formula is C10H11FO2. The van der Waals surface area contributed by atoms with Gasteiger partial charge in [-0.25, -0.2) is 4.39 Å². The third kappa shape index (κ3) is 2.54. The monoisotopic (exact) mass is 182 g/mol. The normalized spacial score (nSPS) is 9.77. The second-order valence-electron chi connectivity index (χ2n) is 2.76. The summed E-state index contributed by atoms with van der Waals surface area (Å²) in [5, 5.41) is 0. The van der Waals surface area contributed by atoms with Crippen LogP contribution in [-0.2, 0) is 4.79 Å². The van der Waals surface area contributed by atoms with E-state index in [1.807, 2.05) is 6.92 Å². The maximum absolute atomic E-state index is 13.0. The molecule has 0 spiro atoms. The van der Waals surface area contributed by atoms with Gasteiger partial charge < -0.3 is 4.74 Å². The Labute approximate surface area is 76.3 Å². The fourth-order valence-corrected chi connectivity index (χ4v) is 0.884. The van der Waals surface area contributed by atoms with E-state index in [2.05, 4.69) is 0 Å². The molecule has 0 saturated heterocycles. The summed E-state index contributed by atoms with van der Waals surface area (Å²) in [7, 11) is 0. The third-order valence-corrected chi connectivity index (χ3v) is 1.60. The highest BCUT2D eigenvalue weighted by Gasteiger charge is 2.07. The van der Waals surface area contributed by atoms with Crippen LogP contribution in [-0.4, -0.2) is 5.97 Å². The molecule has 0 bridgehead atoms. The predicted molar refractivity (Wildman–Crippen MR) is 47.1 cm³/mol. The Balaban J connectivity index is 2.87. The van der Waals surface area contributed by atoms with Crippen molar-refractivity contribution in [3.8, 4) is 5.75 Å². The first kappa shape index (κ1) is 9.71. The lowest BCUT2D eigenvalue weighted by Gasteiger charge is -2.04. The van der Waals surface area contributed by atoms with E-state index < -0.39 is 11.8 Å². The Morgan fingerprint density at radius 1 is 1.54 bits per heavy atom. The van der Waals surface area contributed by atoms with Gasteiger partial charge in [0, 0.05) is 6.42 Å². The SMILES string of the molecule is CCC(=O)Oc1cc(C)ccc1F. The molecular weight excluding hydrogens is 171 g/mol. The first-order valence-electron chi connectivity index (χ1n) is 4.10. The quantitative estimate of drug-likeness (QED) is 0.518. The highest BCUT2D eigenvalue weighted by molar-refractivity contribution is 5.72. The molecule has 0 fully saturated rings. The van der Waals surface area contributed by atoms with E-state index in [4.69, 9.17) is 4.74 Å². The van der Waals surface area contributed by atoms with Crippen LogP contribution in [0.3, 0.4) is 0 Å². The average molecular weight is 182 g/mol. The van der Waals surface area contributed by atoms with E-state index in [1.54, 1.807) is 13.0 Å². The number of hydrogen-bond acceptors (Lipinski definition) is 2. The van der Waals surface area contributed by atoms with Crippen molar-refractivity contribution in [1.29, 1.82) is 0 Å². The number of esters is 1. The molecule has 70 valence electrons. The van der Waals surface area contributed by atoms with Crippen molar-refractivity contribution < 1.29 is 13.9 Å². The molecule has 0 aliphatic rings. The fraction of sp³-hybridized carbons (Fsp3) is 0.300. The zero-order chi connectivity index (χ0) is 9.84. The summed E-state index contributed by atoms with van der Waals surface area (Å²) < 4.78 is 17.8. The van der Waals surface area contributed by atoms with E-state index in [1.165, 1.54) is 12.1 Å². The Morgan fingerprint density at radius 2 is 2.23 bits per heavy atom. The first-order valence-corrected chi connectivity index (χ1v) is 4.10. The number of halogens is 1. The van der Waals surface area contributed by atoms with Crippen LogP contribution in [0.1, 0.15) is 18.9 Å². The number of rotatable bonds is 2. The number of aryl methyl sites for hydroxylation is 1. The lowest BCUT2D eigenvalue weighted by Crippen LogP contribution is -2.06. The van der Waals surface area contributed by atoms with E-state index in [-0.39, 0.29) is 12.2 Å². The smallest absolute Gasteiger partial charge is 0.310 e. The molecule has 1 aromatic rings. The zero-order valence-corrected chi connectivity index (χ0v) is 7.63. The second-order valence-corrected chi connectivity index (χ2v) is 2.76. The Kier molecular flexibility index (Phi) is 3.01. The minimum Gasteiger partial charge on any atom is -0.423 e. The molecule has 0 aliphatic carbocycles. The largest absolute Gasteiger partial charge is 0.423 e. The van der Waals surface area contributed by atoms with Gasteiger partial charge in [0.1, 0.15) is 0 Å². The van der Waals surface area contributed by atoms with Crippen LogP contribution in [0.4, 0.5) is 4.39 Å². The molecule has 0 heterocycles. The topological polar surface area (TPSA) is 26.3 Å². The molecule has 0 aliphatic heterocycles. The summed E-state index contributed by atoms with van der Waals surface area (Å²) in [6, 6.07) is 4.41. The van der Waals surface area contributed by atoms with Gasteiger partial charge in [-0.3, -0.25) is 4.79 Å². The lowest BCUT2D eigenvalue weighted by molar-refractivity contribution is -0.134. The molecule has 0 unspecified atom stereocenters.